The Balaban J connectivity index is 1.59. The summed E-state index contributed by atoms with van der Waals surface area (Å²) in [5, 5.41) is 5.58. The van der Waals surface area contributed by atoms with Crippen LogP contribution in [0.15, 0.2) is 54.9 Å². The van der Waals surface area contributed by atoms with Gasteiger partial charge in [-0.2, -0.15) is 0 Å². The number of hydrogen-bond acceptors (Lipinski definition) is 3. The predicted octanol–water partition coefficient (Wildman–Crippen LogP) is 4.79. The van der Waals surface area contributed by atoms with Gasteiger partial charge in [-0.15, -0.1) is 0 Å². The number of halogens is 2. The monoisotopic (exact) mass is 361 g/mol. The maximum absolute atomic E-state index is 12.0. The summed E-state index contributed by atoms with van der Waals surface area (Å²) >= 11 is 11.9. The fourth-order valence-electron chi connectivity index (χ4n) is 2.20. The molecule has 0 aliphatic carbocycles. The summed E-state index contributed by atoms with van der Waals surface area (Å²) in [4.78, 5) is 21.2. The Kier molecular flexibility index (Phi) is 5.15. The second kappa shape index (κ2) is 7.49. The lowest BCUT2D eigenvalue weighted by Gasteiger charge is -2.10. The Hall–Kier alpha value is -2.34. The number of carbonyl (C=O) groups excluding carboxylic acids is 1. The van der Waals surface area contributed by atoms with E-state index in [2.05, 4.69) is 15.8 Å². The largest absolute Gasteiger partial charge is 0.343 e. The first kappa shape index (κ1) is 16.5. The minimum atomic E-state index is -0.482. The van der Waals surface area contributed by atoms with Crippen molar-refractivity contribution in [2.75, 3.05) is 5.32 Å². The van der Waals surface area contributed by atoms with Gasteiger partial charge in [0.15, 0.2) is 0 Å². The van der Waals surface area contributed by atoms with Gasteiger partial charge in [-0.25, -0.2) is 10.3 Å². The van der Waals surface area contributed by atoms with Crippen molar-refractivity contribution in [2.24, 2.45) is 0 Å². The standard InChI is InChI=1S/C17H13Cl2N3O2/c18-13-5-4-12(15(19)8-13)10-24-22-17(23)21-16-3-1-2-11-9-20-7-6-14(11)16/h1-9H,10H2,(H2,21,22,23). The number of urea groups is 1. The molecule has 0 saturated heterocycles. The number of benzene rings is 2. The van der Waals surface area contributed by atoms with E-state index in [0.717, 1.165) is 16.3 Å². The number of aromatic nitrogens is 1. The van der Waals surface area contributed by atoms with Crippen molar-refractivity contribution in [3.05, 3.63) is 70.5 Å². The molecule has 0 atom stereocenters. The molecule has 24 heavy (non-hydrogen) atoms. The van der Waals surface area contributed by atoms with Gasteiger partial charge in [-0.05, 0) is 29.8 Å². The lowest BCUT2D eigenvalue weighted by molar-refractivity contribution is 0.0536. The molecule has 0 spiro atoms. The number of hydroxylamine groups is 1. The Morgan fingerprint density at radius 3 is 2.88 bits per heavy atom. The van der Waals surface area contributed by atoms with E-state index in [1.54, 1.807) is 36.7 Å². The highest BCUT2D eigenvalue weighted by atomic mass is 35.5. The molecule has 0 unspecified atom stereocenters. The van der Waals surface area contributed by atoms with Crippen LogP contribution in [0.4, 0.5) is 10.5 Å². The topological polar surface area (TPSA) is 63.2 Å². The number of anilines is 1. The first-order chi connectivity index (χ1) is 11.6. The number of amides is 2. The van der Waals surface area contributed by atoms with Crippen LogP contribution in [-0.4, -0.2) is 11.0 Å². The Morgan fingerprint density at radius 2 is 2.04 bits per heavy atom. The molecule has 0 saturated carbocycles. The molecule has 0 bridgehead atoms. The van der Waals surface area contributed by atoms with Crippen molar-refractivity contribution in [3.8, 4) is 0 Å². The fraction of sp³-hybridized carbons (Fsp3) is 0.0588. The molecule has 122 valence electrons. The van der Waals surface area contributed by atoms with E-state index < -0.39 is 6.03 Å². The molecule has 2 aromatic carbocycles. The Morgan fingerprint density at radius 1 is 1.17 bits per heavy atom. The quantitative estimate of drug-likeness (QED) is 0.656. The number of nitrogens with one attached hydrogen (secondary N) is 2. The third-order valence-electron chi connectivity index (χ3n) is 3.34. The number of pyridine rings is 1. The molecular formula is C17H13Cl2N3O2. The van der Waals surface area contributed by atoms with E-state index in [1.807, 2.05) is 18.2 Å². The number of carbonyl (C=O) groups is 1. The second-order valence-corrected chi connectivity index (χ2v) is 5.83. The van der Waals surface area contributed by atoms with E-state index >= 15 is 0 Å². The van der Waals surface area contributed by atoms with Crippen molar-refractivity contribution in [1.82, 2.24) is 10.5 Å². The lowest BCUT2D eigenvalue weighted by Crippen LogP contribution is -2.28. The fourth-order valence-corrected chi connectivity index (χ4v) is 2.66. The van der Waals surface area contributed by atoms with Crippen molar-refractivity contribution >= 4 is 45.7 Å². The molecule has 0 radical (unpaired) electrons. The molecule has 3 aromatic rings. The van der Waals surface area contributed by atoms with Crippen LogP contribution in [0.1, 0.15) is 5.56 Å². The zero-order valence-corrected chi connectivity index (χ0v) is 13.9. The highest BCUT2D eigenvalue weighted by molar-refractivity contribution is 6.35. The molecule has 0 fully saturated rings. The van der Waals surface area contributed by atoms with E-state index in [1.165, 1.54) is 0 Å². The van der Waals surface area contributed by atoms with Gasteiger partial charge in [0.25, 0.3) is 0 Å². The van der Waals surface area contributed by atoms with Gasteiger partial charge in [0.1, 0.15) is 6.61 Å². The smallest absolute Gasteiger partial charge is 0.306 e. The van der Waals surface area contributed by atoms with Crippen LogP contribution >= 0.6 is 23.2 Å². The predicted molar refractivity (Wildman–Crippen MR) is 95.1 cm³/mol. The third kappa shape index (κ3) is 3.94. The highest BCUT2D eigenvalue weighted by Crippen LogP contribution is 2.22. The summed E-state index contributed by atoms with van der Waals surface area (Å²) in [6.45, 7) is 0.128. The van der Waals surface area contributed by atoms with Crippen molar-refractivity contribution in [3.63, 3.8) is 0 Å². The number of rotatable bonds is 4. The molecule has 0 aliphatic rings. The normalized spacial score (nSPS) is 10.6. The third-order valence-corrected chi connectivity index (χ3v) is 3.92. The van der Waals surface area contributed by atoms with Crippen LogP contribution in [0, 0.1) is 0 Å². The van der Waals surface area contributed by atoms with E-state index in [-0.39, 0.29) is 6.61 Å². The van der Waals surface area contributed by atoms with Crippen LogP contribution in [0.25, 0.3) is 10.8 Å². The minimum Gasteiger partial charge on any atom is -0.306 e. The first-order valence-electron chi connectivity index (χ1n) is 7.09. The maximum Gasteiger partial charge on any atom is 0.343 e. The van der Waals surface area contributed by atoms with E-state index in [0.29, 0.717) is 15.7 Å². The van der Waals surface area contributed by atoms with Crippen LogP contribution in [-0.2, 0) is 11.4 Å². The highest BCUT2D eigenvalue weighted by Gasteiger charge is 2.07. The summed E-state index contributed by atoms with van der Waals surface area (Å²) in [5.41, 5.74) is 3.72. The van der Waals surface area contributed by atoms with Gasteiger partial charge >= 0.3 is 6.03 Å². The van der Waals surface area contributed by atoms with Gasteiger partial charge in [0.05, 0.1) is 5.69 Å². The van der Waals surface area contributed by atoms with Crippen LogP contribution in [0.5, 0.6) is 0 Å². The first-order valence-corrected chi connectivity index (χ1v) is 7.84. The van der Waals surface area contributed by atoms with Gasteiger partial charge in [-0.3, -0.25) is 9.82 Å². The number of hydrogen-bond donors (Lipinski definition) is 2. The molecule has 5 nitrogen and oxygen atoms in total. The zero-order valence-electron chi connectivity index (χ0n) is 12.4. The van der Waals surface area contributed by atoms with Crippen molar-refractivity contribution in [2.45, 2.75) is 6.61 Å². The summed E-state index contributed by atoms with van der Waals surface area (Å²) in [7, 11) is 0. The number of nitrogens with zero attached hydrogens (tertiary/aromatic N) is 1. The van der Waals surface area contributed by atoms with Crippen LogP contribution in [0.3, 0.4) is 0 Å². The van der Waals surface area contributed by atoms with Gasteiger partial charge in [0, 0.05) is 33.2 Å². The summed E-state index contributed by atoms with van der Waals surface area (Å²) in [5.74, 6) is 0. The Bertz CT molecular complexity index is 881. The summed E-state index contributed by atoms with van der Waals surface area (Å²) < 4.78 is 0. The molecular weight excluding hydrogens is 349 g/mol. The molecule has 3 rings (SSSR count). The van der Waals surface area contributed by atoms with E-state index in [9.17, 15) is 4.79 Å². The van der Waals surface area contributed by atoms with Gasteiger partial charge in [0.2, 0.25) is 0 Å². The SMILES string of the molecule is O=C(NOCc1ccc(Cl)cc1Cl)Nc1cccc2cnccc12. The molecule has 1 aromatic heterocycles. The molecule has 2 N–H and O–H groups in total. The van der Waals surface area contributed by atoms with Crippen molar-refractivity contribution < 1.29 is 9.63 Å². The van der Waals surface area contributed by atoms with Gasteiger partial charge in [-0.1, -0.05) is 41.4 Å². The minimum absolute atomic E-state index is 0.128. The lowest BCUT2D eigenvalue weighted by atomic mass is 10.1. The average Bonchev–Trinajstić information content (AvgIpc) is 2.57. The maximum atomic E-state index is 12.0. The van der Waals surface area contributed by atoms with Gasteiger partial charge < -0.3 is 5.32 Å². The molecule has 2 amide bonds. The van der Waals surface area contributed by atoms with Crippen LogP contribution < -0.4 is 10.8 Å². The Labute approximate surface area is 148 Å². The molecule has 7 heteroatoms. The van der Waals surface area contributed by atoms with E-state index in [4.69, 9.17) is 28.0 Å². The zero-order chi connectivity index (χ0) is 16.9. The van der Waals surface area contributed by atoms with Crippen LogP contribution in [0.2, 0.25) is 10.0 Å². The molecule has 1 heterocycles. The van der Waals surface area contributed by atoms with Crippen molar-refractivity contribution in [1.29, 1.82) is 0 Å². The molecule has 0 aliphatic heterocycles. The number of fused-ring (bicyclic) bond motifs is 1. The average molecular weight is 362 g/mol. The summed E-state index contributed by atoms with van der Waals surface area (Å²) in [6.07, 6.45) is 3.40. The summed E-state index contributed by atoms with van der Waals surface area (Å²) in [6, 6.07) is 12.0. The second-order valence-electron chi connectivity index (χ2n) is 4.98.